The Morgan fingerprint density at radius 2 is 2.14 bits per heavy atom. The van der Waals surface area contributed by atoms with Crippen molar-refractivity contribution in [2.24, 2.45) is 0 Å². The lowest BCUT2D eigenvalue weighted by atomic mass is 10.3. The third-order valence-electron chi connectivity index (χ3n) is 3.32. The van der Waals surface area contributed by atoms with E-state index in [1.165, 1.54) is 0 Å². The number of rotatable bonds is 4. The SMILES string of the molecule is COc1cc(-n2cnc(Cn3ccnc3C)c2)ccc1Cl. The smallest absolute Gasteiger partial charge is 0.139 e. The Hall–Kier alpha value is -2.27. The van der Waals surface area contributed by atoms with E-state index in [-0.39, 0.29) is 0 Å². The molecule has 0 unspecified atom stereocenters. The molecule has 0 amide bonds. The number of methoxy groups -OCH3 is 1. The summed E-state index contributed by atoms with van der Waals surface area (Å²) in [5.74, 6) is 1.62. The first-order chi connectivity index (χ1) is 10.2. The van der Waals surface area contributed by atoms with E-state index in [2.05, 4.69) is 14.5 Å². The van der Waals surface area contributed by atoms with E-state index in [1.54, 1.807) is 19.6 Å². The molecule has 0 spiro atoms. The van der Waals surface area contributed by atoms with Crippen LogP contribution in [0.4, 0.5) is 0 Å². The van der Waals surface area contributed by atoms with Crippen molar-refractivity contribution < 1.29 is 4.74 Å². The van der Waals surface area contributed by atoms with Crippen LogP contribution in [0.5, 0.6) is 5.75 Å². The first-order valence-electron chi connectivity index (χ1n) is 6.52. The van der Waals surface area contributed by atoms with Gasteiger partial charge >= 0.3 is 0 Å². The van der Waals surface area contributed by atoms with Crippen molar-refractivity contribution in [3.63, 3.8) is 0 Å². The number of hydrogen-bond donors (Lipinski definition) is 0. The lowest BCUT2D eigenvalue weighted by molar-refractivity contribution is 0.415. The molecule has 0 saturated heterocycles. The van der Waals surface area contributed by atoms with E-state index in [4.69, 9.17) is 16.3 Å². The fourth-order valence-corrected chi connectivity index (χ4v) is 2.34. The van der Waals surface area contributed by atoms with Crippen LogP contribution < -0.4 is 4.74 Å². The molecule has 0 bridgehead atoms. The van der Waals surface area contributed by atoms with Crippen LogP contribution in [0.2, 0.25) is 5.02 Å². The molecule has 2 aromatic heterocycles. The average Bonchev–Trinajstić information content (AvgIpc) is 3.10. The van der Waals surface area contributed by atoms with Crippen LogP contribution in [0.1, 0.15) is 11.5 Å². The van der Waals surface area contributed by atoms with E-state index in [9.17, 15) is 0 Å². The minimum atomic E-state index is 0.593. The molecule has 0 aliphatic carbocycles. The highest BCUT2D eigenvalue weighted by Gasteiger charge is 2.06. The van der Waals surface area contributed by atoms with E-state index in [1.807, 2.05) is 42.1 Å². The standard InChI is InChI=1S/C15H15ClN4O/c1-11-17-5-6-19(11)8-12-9-20(10-18-12)13-3-4-14(16)15(7-13)21-2/h3-7,9-10H,8H2,1-2H3. The van der Waals surface area contributed by atoms with Gasteiger partial charge in [-0.05, 0) is 19.1 Å². The third kappa shape index (κ3) is 2.78. The van der Waals surface area contributed by atoms with Gasteiger partial charge in [-0.25, -0.2) is 9.97 Å². The van der Waals surface area contributed by atoms with Gasteiger partial charge in [0.1, 0.15) is 11.6 Å². The van der Waals surface area contributed by atoms with Gasteiger partial charge in [0.2, 0.25) is 0 Å². The normalized spacial score (nSPS) is 10.8. The Kier molecular flexibility index (Phi) is 3.66. The molecule has 0 fully saturated rings. The number of benzene rings is 1. The second-order valence-corrected chi connectivity index (χ2v) is 5.10. The quantitative estimate of drug-likeness (QED) is 0.744. The van der Waals surface area contributed by atoms with Gasteiger partial charge in [0, 0.05) is 24.7 Å². The number of imidazole rings is 2. The molecule has 3 rings (SSSR count). The molecule has 1 aromatic carbocycles. The molecular weight excluding hydrogens is 288 g/mol. The predicted octanol–water partition coefficient (Wildman–Crippen LogP) is 3.09. The van der Waals surface area contributed by atoms with Crippen LogP contribution >= 0.6 is 11.6 Å². The molecular formula is C15H15ClN4O. The second-order valence-electron chi connectivity index (χ2n) is 4.69. The second kappa shape index (κ2) is 5.61. The van der Waals surface area contributed by atoms with Crippen LogP contribution in [0, 0.1) is 6.92 Å². The van der Waals surface area contributed by atoms with Gasteiger partial charge < -0.3 is 13.9 Å². The maximum Gasteiger partial charge on any atom is 0.139 e. The number of hydrogen-bond acceptors (Lipinski definition) is 3. The maximum absolute atomic E-state index is 6.04. The van der Waals surface area contributed by atoms with E-state index < -0.39 is 0 Å². The Balaban J connectivity index is 1.86. The van der Waals surface area contributed by atoms with Crippen LogP contribution in [0.15, 0.2) is 43.1 Å². The van der Waals surface area contributed by atoms with Crippen LogP contribution in [-0.2, 0) is 6.54 Å². The molecule has 0 atom stereocenters. The van der Waals surface area contributed by atoms with Crippen molar-refractivity contribution in [3.8, 4) is 11.4 Å². The molecule has 0 N–H and O–H groups in total. The van der Waals surface area contributed by atoms with Crippen molar-refractivity contribution >= 4 is 11.6 Å². The topological polar surface area (TPSA) is 44.9 Å². The maximum atomic E-state index is 6.04. The lowest BCUT2D eigenvalue weighted by Crippen LogP contribution is -2.00. The molecule has 2 heterocycles. The van der Waals surface area contributed by atoms with Crippen molar-refractivity contribution in [1.82, 2.24) is 19.1 Å². The molecule has 0 aliphatic rings. The van der Waals surface area contributed by atoms with Crippen LogP contribution in [0.3, 0.4) is 0 Å². The molecule has 5 nitrogen and oxygen atoms in total. The lowest BCUT2D eigenvalue weighted by Gasteiger charge is -2.07. The highest BCUT2D eigenvalue weighted by atomic mass is 35.5. The van der Waals surface area contributed by atoms with Gasteiger partial charge in [-0.15, -0.1) is 0 Å². The minimum Gasteiger partial charge on any atom is -0.495 e. The Labute approximate surface area is 127 Å². The highest BCUT2D eigenvalue weighted by Crippen LogP contribution is 2.26. The molecule has 0 radical (unpaired) electrons. The third-order valence-corrected chi connectivity index (χ3v) is 3.64. The average molecular weight is 303 g/mol. The predicted molar refractivity (Wildman–Crippen MR) is 81.2 cm³/mol. The monoisotopic (exact) mass is 302 g/mol. The van der Waals surface area contributed by atoms with Crippen LogP contribution in [-0.4, -0.2) is 26.2 Å². The van der Waals surface area contributed by atoms with Gasteiger partial charge in [-0.3, -0.25) is 0 Å². The Bertz CT molecular complexity index is 763. The fourth-order valence-electron chi connectivity index (χ4n) is 2.14. The summed E-state index contributed by atoms with van der Waals surface area (Å²) in [5.41, 5.74) is 1.92. The number of halogens is 1. The number of nitrogens with zero attached hydrogens (tertiary/aromatic N) is 4. The number of ether oxygens (including phenoxy) is 1. The van der Waals surface area contributed by atoms with Gasteiger partial charge in [-0.1, -0.05) is 11.6 Å². The molecule has 108 valence electrons. The number of aryl methyl sites for hydroxylation is 1. The van der Waals surface area contributed by atoms with Gasteiger partial charge in [-0.2, -0.15) is 0 Å². The first-order valence-corrected chi connectivity index (χ1v) is 6.89. The summed E-state index contributed by atoms with van der Waals surface area (Å²) < 4.78 is 9.23. The first kappa shape index (κ1) is 13.7. The summed E-state index contributed by atoms with van der Waals surface area (Å²) in [4.78, 5) is 8.63. The van der Waals surface area contributed by atoms with Crippen LogP contribution in [0.25, 0.3) is 5.69 Å². The summed E-state index contributed by atoms with van der Waals surface area (Å²) in [6, 6.07) is 5.63. The van der Waals surface area contributed by atoms with Crippen molar-refractivity contribution in [3.05, 3.63) is 59.7 Å². The number of aromatic nitrogens is 4. The summed E-state index contributed by atoms with van der Waals surface area (Å²) in [6.45, 7) is 2.67. The van der Waals surface area contributed by atoms with E-state index in [0.29, 0.717) is 17.3 Å². The molecule has 0 aliphatic heterocycles. The zero-order chi connectivity index (χ0) is 14.8. The van der Waals surface area contributed by atoms with Crippen molar-refractivity contribution in [1.29, 1.82) is 0 Å². The molecule has 0 saturated carbocycles. The summed E-state index contributed by atoms with van der Waals surface area (Å²) in [7, 11) is 1.60. The molecule has 3 aromatic rings. The molecule has 6 heteroatoms. The zero-order valence-electron chi connectivity index (χ0n) is 11.8. The fraction of sp³-hybridized carbons (Fsp3) is 0.200. The highest BCUT2D eigenvalue weighted by molar-refractivity contribution is 6.32. The zero-order valence-corrected chi connectivity index (χ0v) is 12.6. The Morgan fingerprint density at radius 1 is 1.29 bits per heavy atom. The minimum absolute atomic E-state index is 0.593. The van der Waals surface area contributed by atoms with E-state index >= 15 is 0 Å². The summed E-state index contributed by atoms with van der Waals surface area (Å²) in [5, 5.41) is 0.593. The van der Waals surface area contributed by atoms with Gasteiger partial charge in [0.05, 0.1) is 36.4 Å². The molecule has 21 heavy (non-hydrogen) atoms. The van der Waals surface area contributed by atoms with Gasteiger partial charge in [0.15, 0.2) is 0 Å². The summed E-state index contributed by atoms with van der Waals surface area (Å²) >= 11 is 6.04. The van der Waals surface area contributed by atoms with Crippen molar-refractivity contribution in [2.75, 3.05) is 7.11 Å². The largest absolute Gasteiger partial charge is 0.495 e. The van der Waals surface area contributed by atoms with Crippen molar-refractivity contribution in [2.45, 2.75) is 13.5 Å². The van der Waals surface area contributed by atoms with E-state index in [0.717, 1.165) is 17.2 Å². The Morgan fingerprint density at radius 3 is 2.86 bits per heavy atom. The van der Waals surface area contributed by atoms with Gasteiger partial charge in [0.25, 0.3) is 0 Å². The summed E-state index contributed by atoms with van der Waals surface area (Å²) in [6.07, 6.45) is 7.50.